The first kappa shape index (κ1) is 17.2. The van der Waals surface area contributed by atoms with E-state index in [1.165, 1.54) is 24.2 Å². The van der Waals surface area contributed by atoms with Crippen LogP contribution in [-0.4, -0.2) is 65.7 Å². The van der Waals surface area contributed by atoms with Crippen LogP contribution < -0.4 is 5.32 Å². The van der Waals surface area contributed by atoms with E-state index in [0.29, 0.717) is 32.2 Å². The summed E-state index contributed by atoms with van der Waals surface area (Å²) in [6.45, 7) is 2.31. The maximum Gasteiger partial charge on any atom is 0.323 e. The summed E-state index contributed by atoms with van der Waals surface area (Å²) in [5.41, 5.74) is 1.86. The standard InChI is InChI=1S/C18H20N4O3S/c23-18(24)15-11-25-7-6-22(15)10-14-13(4-3-12-1-2-12)9-20-16(21-14)17-19-5-8-26-17/h5,8,12,15H,1-2,6-7,9-11H2,(H,20,21)(H,23,24)/t15-/m0/s1. The van der Waals surface area contributed by atoms with Crippen molar-refractivity contribution in [3.63, 3.8) is 0 Å². The fraction of sp³-hybridized carbons (Fsp3) is 0.500. The number of ether oxygens (including phenoxy) is 1. The van der Waals surface area contributed by atoms with E-state index < -0.39 is 12.0 Å². The second-order valence-electron chi connectivity index (χ2n) is 6.53. The number of aromatic nitrogens is 1. The lowest BCUT2D eigenvalue weighted by Crippen LogP contribution is -2.52. The minimum atomic E-state index is -0.861. The molecule has 1 atom stereocenters. The Bertz CT molecular complexity index is 802. The van der Waals surface area contributed by atoms with Crippen molar-refractivity contribution in [3.05, 3.63) is 27.9 Å². The lowest BCUT2D eigenvalue weighted by molar-refractivity contribution is -0.149. The molecular weight excluding hydrogens is 352 g/mol. The van der Waals surface area contributed by atoms with Crippen LogP contribution >= 0.6 is 11.3 Å². The number of aliphatic imine (C=N–C) groups is 1. The molecule has 0 amide bonds. The molecule has 4 rings (SSSR count). The zero-order valence-corrected chi connectivity index (χ0v) is 15.1. The second-order valence-corrected chi connectivity index (χ2v) is 7.42. The minimum absolute atomic E-state index is 0.207. The summed E-state index contributed by atoms with van der Waals surface area (Å²) in [5.74, 6) is 6.93. The largest absolute Gasteiger partial charge is 0.480 e. The number of hydrogen-bond acceptors (Lipinski definition) is 7. The van der Waals surface area contributed by atoms with Crippen molar-refractivity contribution in [1.82, 2.24) is 15.2 Å². The van der Waals surface area contributed by atoms with Gasteiger partial charge in [-0.25, -0.2) is 4.98 Å². The lowest BCUT2D eigenvalue weighted by atomic mass is 10.1. The molecule has 0 radical (unpaired) electrons. The first-order valence-corrected chi connectivity index (χ1v) is 9.58. The Labute approximate surface area is 155 Å². The number of nitrogens with one attached hydrogen (secondary N) is 1. The zero-order chi connectivity index (χ0) is 17.9. The summed E-state index contributed by atoms with van der Waals surface area (Å²) in [7, 11) is 0. The zero-order valence-electron chi connectivity index (χ0n) is 14.3. The van der Waals surface area contributed by atoms with Crippen molar-refractivity contribution in [3.8, 4) is 11.8 Å². The van der Waals surface area contributed by atoms with Crippen LogP contribution in [0.1, 0.15) is 17.8 Å². The van der Waals surface area contributed by atoms with Crippen molar-refractivity contribution >= 4 is 23.1 Å². The molecule has 3 heterocycles. The van der Waals surface area contributed by atoms with E-state index in [4.69, 9.17) is 4.74 Å². The Kier molecular flexibility index (Phi) is 5.02. The molecule has 2 fully saturated rings. The summed E-state index contributed by atoms with van der Waals surface area (Å²) in [5, 5.41) is 15.6. The molecule has 0 spiro atoms. The fourth-order valence-electron chi connectivity index (χ4n) is 2.90. The number of thiazole rings is 1. The van der Waals surface area contributed by atoms with Crippen molar-refractivity contribution in [2.45, 2.75) is 18.9 Å². The Balaban J connectivity index is 1.57. The quantitative estimate of drug-likeness (QED) is 0.765. The summed E-state index contributed by atoms with van der Waals surface area (Å²) in [4.78, 5) is 22.4. The molecule has 1 saturated heterocycles. The van der Waals surface area contributed by atoms with E-state index >= 15 is 0 Å². The third-order valence-electron chi connectivity index (χ3n) is 4.55. The van der Waals surface area contributed by atoms with Gasteiger partial charge in [0, 0.05) is 41.9 Å². The Morgan fingerprint density at radius 3 is 3.12 bits per heavy atom. The van der Waals surface area contributed by atoms with E-state index in [0.717, 1.165) is 22.1 Å². The van der Waals surface area contributed by atoms with Crippen LogP contribution in [0.4, 0.5) is 0 Å². The Hall–Kier alpha value is -2.21. The van der Waals surface area contributed by atoms with E-state index in [1.54, 1.807) is 6.20 Å². The van der Waals surface area contributed by atoms with Gasteiger partial charge >= 0.3 is 5.97 Å². The van der Waals surface area contributed by atoms with Crippen LogP contribution in [0, 0.1) is 17.8 Å². The molecule has 0 bridgehead atoms. The molecule has 0 aromatic carbocycles. The van der Waals surface area contributed by atoms with Crippen LogP contribution in [0.5, 0.6) is 0 Å². The van der Waals surface area contributed by atoms with Crippen LogP contribution in [-0.2, 0) is 9.53 Å². The number of carbonyl (C=O) groups is 1. The van der Waals surface area contributed by atoms with Gasteiger partial charge in [0.05, 0.1) is 19.8 Å². The van der Waals surface area contributed by atoms with E-state index in [9.17, 15) is 9.90 Å². The number of hydrogen-bond donors (Lipinski definition) is 2. The summed E-state index contributed by atoms with van der Waals surface area (Å²) in [6, 6.07) is -0.641. The maximum atomic E-state index is 11.5. The number of aliphatic carboxylic acids is 1. The van der Waals surface area contributed by atoms with Crippen molar-refractivity contribution < 1.29 is 14.6 Å². The molecule has 8 heteroatoms. The number of morpholine rings is 1. The first-order valence-electron chi connectivity index (χ1n) is 8.70. The summed E-state index contributed by atoms with van der Waals surface area (Å²) in [6.07, 6.45) is 4.08. The van der Waals surface area contributed by atoms with Crippen molar-refractivity contribution in [1.29, 1.82) is 0 Å². The van der Waals surface area contributed by atoms with Gasteiger partial charge in [0.15, 0.2) is 10.8 Å². The number of nitrogens with zero attached hydrogens (tertiary/aromatic N) is 3. The highest BCUT2D eigenvalue weighted by molar-refractivity contribution is 7.11. The molecular formula is C18H20N4O3S. The number of carboxylic acid groups (broad SMARTS) is 1. The lowest BCUT2D eigenvalue weighted by Gasteiger charge is -2.34. The van der Waals surface area contributed by atoms with Gasteiger partial charge in [0.25, 0.3) is 0 Å². The summed E-state index contributed by atoms with van der Waals surface area (Å²) < 4.78 is 5.34. The van der Waals surface area contributed by atoms with E-state index in [2.05, 4.69) is 27.1 Å². The molecule has 26 heavy (non-hydrogen) atoms. The maximum absolute atomic E-state index is 11.5. The highest BCUT2D eigenvalue weighted by atomic mass is 32.1. The van der Waals surface area contributed by atoms with Gasteiger partial charge in [-0.3, -0.25) is 14.7 Å². The molecule has 136 valence electrons. The molecule has 1 aromatic heterocycles. The second kappa shape index (κ2) is 7.58. The smallest absolute Gasteiger partial charge is 0.323 e. The number of rotatable bonds is 4. The predicted molar refractivity (Wildman–Crippen MR) is 98.0 cm³/mol. The normalized spacial score (nSPS) is 23.7. The van der Waals surface area contributed by atoms with Gasteiger partial charge in [-0.2, -0.15) is 0 Å². The predicted octanol–water partition coefficient (Wildman–Crippen LogP) is 0.946. The highest BCUT2D eigenvalue weighted by Crippen LogP contribution is 2.28. The molecule has 1 aromatic rings. The minimum Gasteiger partial charge on any atom is -0.480 e. The van der Waals surface area contributed by atoms with Crippen molar-refractivity contribution in [2.75, 3.05) is 32.8 Å². The van der Waals surface area contributed by atoms with Gasteiger partial charge in [-0.15, -0.1) is 11.3 Å². The SMILES string of the molecule is O=C(O)[C@@H]1COCCN1CC1=C(C#CC2CC2)CN=C(c2nccs2)N1. The van der Waals surface area contributed by atoms with E-state index in [1.807, 2.05) is 10.3 Å². The van der Waals surface area contributed by atoms with Gasteiger partial charge in [0.2, 0.25) is 0 Å². The van der Waals surface area contributed by atoms with Crippen LogP contribution in [0.3, 0.4) is 0 Å². The van der Waals surface area contributed by atoms with Gasteiger partial charge < -0.3 is 15.2 Å². The van der Waals surface area contributed by atoms with E-state index in [-0.39, 0.29) is 6.61 Å². The van der Waals surface area contributed by atoms with Gasteiger partial charge in [0.1, 0.15) is 6.04 Å². The number of amidine groups is 1. The highest BCUT2D eigenvalue weighted by Gasteiger charge is 2.31. The molecule has 2 aliphatic heterocycles. The average molecular weight is 372 g/mol. The van der Waals surface area contributed by atoms with Crippen LogP contribution in [0.2, 0.25) is 0 Å². The molecule has 1 saturated carbocycles. The molecule has 3 aliphatic rings. The monoisotopic (exact) mass is 372 g/mol. The average Bonchev–Trinajstić information content (AvgIpc) is 3.31. The molecule has 7 nitrogen and oxygen atoms in total. The third kappa shape index (κ3) is 3.96. The first-order chi connectivity index (χ1) is 12.7. The van der Waals surface area contributed by atoms with Gasteiger partial charge in [-0.1, -0.05) is 11.8 Å². The fourth-order valence-corrected chi connectivity index (χ4v) is 3.50. The van der Waals surface area contributed by atoms with Gasteiger partial charge in [-0.05, 0) is 12.8 Å². The Morgan fingerprint density at radius 1 is 1.50 bits per heavy atom. The Morgan fingerprint density at radius 2 is 2.38 bits per heavy atom. The molecule has 1 aliphatic carbocycles. The summed E-state index contributed by atoms with van der Waals surface area (Å²) >= 11 is 1.52. The van der Waals surface area contributed by atoms with Crippen molar-refractivity contribution in [2.24, 2.45) is 10.9 Å². The van der Waals surface area contributed by atoms with Crippen LogP contribution in [0.25, 0.3) is 0 Å². The third-order valence-corrected chi connectivity index (χ3v) is 5.33. The molecule has 0 unspecified atom stereocenters. The topological polar surface area (TPSA) is 87.1 Å². The van der Waals surface area contributed by atoms with Crippen LogP contribution in [0.15, 0.2) is 27.8 Å². The molecule has 2 N–H and O–H groups in total. The number of carboxylic acids is 1.